The van der Waals surface area contributed by atoms with E-state index in [1.807, 2.05) is 0 Å². The molecule has 122 valence electrons. The largest absolute Gasteiger partial charge is 0.457 e. The van der Waals surface area contributed by atoms with Crippen LogP contribution in [0.5, 0.6) is 0 Å². The summed E-state index contributed by atoms with van der Waals surface area (Å²) in [5.74, 6) is -2.14. The molecule has 1 aromatic carbocycles. The van der Waals surface area contributed by atoms with Gasteiger partial charge >= 0.3 is 5.97 Å². The van der Waals surface area contributed by atoms with Gasteiger partial charge in [0.2, 0.25) is 11.9 Å². The van der Waals surface area contributed by atoms with Crippen molar-refractivity contribution in [2.75, 3.05) is 0 Å². The number of carbonyl (C=O) groups excluding carboxylic acids is 2. The molecule has 1 heterocycles. The fraction of sp³-hybridized carbons (Fsp3) is 0.294. The van der Waals surface area contributed by atoms with E-state index in [4.69, 9.17) is 9.15 Å². The number of furan rings is 1. The van der Waals surface area contributed by atoms with Gasteiger partial charge in [0.25, 0.3) is 5.91 Å². The minimum atomic E-state index is -1.41. The van der Waals surface area contributed by atoms with Gasteiger partial charge in [0.15, 0.2) is 0 Å². The van der Waals surface area contributed by atoms with Gasteiger partial charge in [0.05, 0.1) is 6.26 Å². The van der Waals surface area contributed by atoms with Gasteiger partial charge in [-0.3, -0.25) is 4.79 Å². The number of ether oxygens (including phenoxy) is 1. The number of amides is 1. The molecule has 0 aliphatic carbocycles. The normalized spacial score (nSPS) is 12.5. The lowest BCUT2D eigenvalue weighted by molar-refractivity contribution is -0.132. The van der Waals surface area contributed by atoms with Gasteiger partial charge in [-0.25, -0.2) is 9.18 Å². The zero-order chi connectivity index (χ0) is 17.0. The van der Waals surface area contributed by atoms with Crippen molar-refractivity contribution in [1.82, 2.24) is 5.32 Å². The summed E-state index contributed by atoms with van der Waals surface area (Å²) < 4.78 is 24.2. The molecular weight excluding hydrogens is 301 g/mol. The Morgan fingerprint density at radius 1 is 1.17 bits per heavy atom. The third-order valence-corrected chi connectivity index (χ3v) is 2.87. The molecule has 1 atom stereocenters. The van der Waals surface area contributed by atoms with Crippen molar-refractivity contribution in [3.05, 3.63) is 59.8 Å². The Morgan fingerprint density at radius 2 is 1.87 bits per heavy atom. The molecule has 0 unspecified atom stereocenters. The van der Waals surface area contributed by atoms with Crippen LogP contribution in [0.15, 0.2) is 47.1 Å². The van der Waals surface area contributed by atoms with E-state index in [0.717, 1.165) is 0 Å². The Kier molecular flexibility index (Phi) is 4.83. The van der Waals surface area contributed by atoms with Crippen LogP contribution < -0.4 is 5.32 Å². The molecule has 1 N–H and O–H groups in total. The van der Waals surface area contributed by atoms with Crippen molar-refractivity contribution in [3.63, 3.8) is 0 Å². The number of halogens is 1. The lowest BCUT2D eigenvalue weighted by atomic mass is 10.0. The van der Waals surface area contributed by atoms with Crippen LogP contribution >= 0.6 is 0 Å². The van der Waals surface area contributed by atoms with Gasteiger partial charge in [-0.05, 0) is 39.0 Å². The standard InChI is InChI=1S/C17H18FNO4/c1-17(2,3)19-15(20)14(11-7-4-5-8-12(11)18)23-16(21)13-9-6-10-22-13/h4-10,14H,1-3H3,(H,19,20)/t14-/m0/s1. The first-order valence-electron chi connectivity index (χ1n) is 7.09. The van der Waals surface area contributed by atoms with Crippen molar-refractivity contribution < 1.29 is 23.1 Å². The average molecular weight is 319 g/mol. The van der Waals surface area contributed by atoms with E-state index in [0.29, 0.717) is 0 Å². The van der Waals surface area contributed by atoms with E-state index in [1.54, 1.807) is 26.8 Å². The molecule has 5 nitrogen and oxygen atoms in total. The topological polar surface area (TPSA) is 68.5 Å². The van der Waals surface area contributed by atoms with Gasteiger partial charge in [0, 0.05) is 11.1 Å². The smallest absolute Gasteiger partial charge is 0.375 e. The zero-order valence-corrected chi connectivity index (χ0v) is 13.1. The number of carbonyl (C=O) groups is 2. The molecule has 0 aliphatic rings. The van der Waals surface area contributed by atoms with Gasteiger partial charge < -0.3 is 14.5 Å². The molecule has 2 rings (SSSR count). The third kappa shape index (κ3) is 4.42. The zero-order valence-electron chi connectivity index (χ0n) is 13.1. The van der Waals surface area contributed by atoms with Crippen molar-refractivity contribution in [1.29, 1.82) is 0 Å². The number of esters is 1. The molecule has 6 heteroatoms. The van der Waals surface area contributed by atoms with E-state index in [2.05, 4.69) is 5.32 Å². The Labute approximate surface area is 133 Å². The fourth-order valence-corrected chi connectivity index (χ4v) is 1.94. The van der Waals surface area contributed by atoms with Crippen LogP contribution in [0.3, 0.4) is 0 Å². The minimum absolute atomic E-state index is 0.0193. The second kappa shape index (κ2) is 6.64. The summed E-state index contributed by atoms with van der Waals surface area (Å²) in [5.41, 5.74) is -0.577. The SMILES string of the molecule is CC(C)(C)NC(=O)[C@@H](OC(=O)c1ccco1)c1ccccc1F. The van der Waals surface area contributed by atoms with E-state index >= 15 is 0 Å². The van der Waals surface area contributed by atoms with Crippen molar-refractivity contribution in [2.45, 2.75) is 32.4 Å². The Balaban J connectivity index is 2.30. The minimum Gasteiger partial charge on any atom is -0.457 e. The van der Waals surface area contributed by atoms with Crippen molar-refractivity contribution >= 4 is 11.9 Å². The van der Waals surface area contributed by atoms with Crippen LogP contribution in [0.25, 0.3) is 0 Å². The molecule has 0 fully saturated rings. The molecule has 2 aromatic rings. The Hall–Kier alpha value is -2.63. The molecule has 0 saturated carbocycles. The molecule has 23 heavy (non-hydrogen) atoms. The summed E-state index contributed by atoms with van der Waals surface area (Å²) in [6.45, 7) is 5.33. The van der Waals surface area contributed by atoms with Crippen LogP contribution in [0.2, 0.25) is 0 Å². The number of hydrogen-bond donors (Lipinski definition) is 1. The first-order valence-corrected chi connectivity index (χ1v) is 7.09. The van der Waals surface area contributed by atoms with Gasteiger partial charge in [-0.1, -0.05) is 18.2 Å². The summed E-state index contributed by atoms with van der Waals surface area (Å²) in [5, 5.41) is 2.68. The third-order valence-electron chi connectivity index (χ3n) is 2.87. The highest BCUT2D eigenvalue weighted by Crippen LogP contribution is 2.23. The second-order valence-corrected chi connectivity index (χ2v) is 6.02. The molecule has 0 spiro atoms. The second-order valence-electron chi connectivity index (χ2n) is 6.02. The maximum absolute atomic E-state index is 14.0. The molecule has 1 aromatic heterocycles. The molecule has 0 aliphatic heterocycles. The summed E-state index contributed by atoms with van der Waals surface area (Å²) in [4.78, 5) is 24.5. The molecule has 1 amide bonds. The van der Waals surface area contributed by atoms with Gasteiger partial charge in [-0.2, -0.15) is 0 Å². The quantitative estimate of drug-likeness (QED) is 0.879. The summed E-state index contributed by atoms with van der Waals surface area (Å²) in [7, 11) is 0. The predicted molar refractivity (Wildman–Crippen MR) is 81.2 cm³/mol. The summed E-state index contributed by atoms with van der Waals surface area (Å²) in [6.07, 6.45) is -0.0998. The van der Waals surface area contributed by atoms with Crippen molar-refractivity contribution in [2.24, 2.45) is 0 Å². The van der Waals surface area contributed by atoms with Crippen LogP contribution in [0.1, 0.15) is 43.0 Å². The number of rotatable bonds is 4. The van der Waals surface area contributed by atoms with Crippen LogP contribution in [-0.2, 0) is 9.53 Å². The average Bonchev–Trinajstić information content (AvgIpc) is 2.97. The van der Waals surface area contributed by atoms with Crippen LogP contribution in [0.4, 0.5) is 4.39 Å². The number of hydrogen-bond acceptors (Lipinski definition) is 4. The fourth-order valence-electron chi connectivity index (χ4n) is 1.94. The van der Waals surface area contributed by atoms with Crippen LogP contribution in [-0.4, -0.2) is 17.4 Å². The first-order chi connectivity index (χ1) is 10.8. The Bertz CT molecular complexity index is 689. The summed E-state index contributed by atoms with van der Waals surface area (Å²) >= 11 is 0. The highest BCUT2D eigenvalue weighted by Gasteiger charge is 2.31. The lowest BCUT2D eigenvalue weighted by Crippen LogP contribution is -2.44. The molecule has 0 radical (unpaired) electrons. The number of nitrogens with one attached hydrogen (secondary N) is 1. The maximum Gasteiger partial charge on any atom is 0.375 e. The summed E-state index contributed by atoms with van der Waals surface area (Å²) in [6, 6.07) is 8.58. The van der Waals surface area contributed by atoms with Crippen LogP contribution in [0, 0.1) is 5.82 Å². The Morgan fingerprint density at radius 3 is 2.43 bits per heavy atom. The molecular formula is C17H18FNO4. The first kappa shape index (κ1) is 16.7. The van der Waals surface area contributed by atoms with E-state index in [9.17, 15) is 14.0 Å². The van der Waals surface area contributed by atoms with E-state index in [-0.39, 0.29) is 11.3 Å². The van der Waals surface area contributed by atoms with E-state index in [1.165, 1.54) is 36.6 Å². The van der Waals surface area contributed by atoms with Crippen molar-refractivity contribution in [3.8, 4) is 0 Å². The maximum atomic E-state index is 14.0. The lowest BCUT2D eigenvalue weighted by Gasteiger charge is -2.25. The molecule has 0 saturated heterocycles. The van der Waals surface area contributed by atoms with E-state index < -0.39 is 29.3 Å². The highest BCUT2D eigenvalue weighted by atomic mass is 19.1. The monoisotopic (exact) mass is 319 g/mol. The number of benzene rings is 1. The molecule has 0 bridgehead atoms. The van der Waals surface area contributed by atoms with Gasteiger partial charge in [-0.15, -0.1) is 0 Å². The predicted octanol–water partition coefficient (Wildman–Crippen LogP) is 3.23. The highest BCUT2D eigenvalue weighted by molar-refractivity contribution is 5.90. The van der Waals surface area contributed by atoms with Gasteiger partial charge in [0.1, 0.15) is 5.82 Å².